The first-order valence-corrected chi connectivity index (χ1v) is 9.75. The number of primary amides is 1. The van der Waals surface area contributed by atoms with Gasteiger partial charge in [0.2, 0.25) is 11.8 Å². The summed E-state index contributed by atoms with van der Waals surface area (Å²) < 4.78 is 0. The summed E-state index contributed by atoms with van der Waals surface area (Å²) in [6.07, 6.45) is 3.52. The van der Waals surface area contributed by atoms with Crippen LogP contribution in [0.5, 0.6) is 0 Å². The molecule has 0 unspecified atom stereocenters. The number of nitrogens with two attached hydrogens (primary N) is 1. The van der Waals surface area contributed by atoms with Crippen molar-refractivity contribution in [3.8, 4) is 0 Å². The van der Waals surface area contributed by atoms with E-state index < -0.39 is 0 Å². The molecule has 2 aliphatic rings. The maximum atomic E-state index is 13.4. The molecule has 0 saturated carbocycles. The molecule has 2 aliphatic heterocycles. The first-order chi connectivity index (χ1) is 12.4. The lowest BCUT2D eigenvalue weighted by molar-refractivity contribution is -0.139. The predicted octanol–water partition coefficient (Wildman–Crippen LogP) is 2.05. The highest BCUT2D eigenvalue weighted by Gasteiger charge is 2.52. The number of nitrogens with zero attached hydrogens (tertiary/aromatic N) is 2. The number of hydrogen-bond donors (Lipinski definition) is 1. The Labute approximate surface area is 156 Å². The van der Waals surface area contributed by atoms with Gasteiger partial charge in [-0.1, -0.05) is 44.2 Å². The van der Waals surface area contributed by atoms with Gasteiger partial charge in [0.15, 0.2) is 0 Å². The minimum absolute atomic E-state index is 0.248. The number of piperidine rings is 1. The Bertz CT molecular complexity index is 636. The van der Waals surface area contributed by atoms with Crippen LogP contribution in [-0.2, 0) is 16.0 Å². The molecule has 1 aromatic carbocycles. The monoisotopic (exact) mass is 357 g/mol. The molecule has 2 fully saturated rings. The molecule has 0 aliphatic carbocycles. The predicted molar refractivity (Wildman–Crippen MR) is 102 cm³/mol. The highest BCUT2D eigenvalue weighted by molar-refractivity contribution is 5.85. The molecule has 2 heterocycles. The fourth-order valence-corrected chi connectivity index (χ4v) is 4.59. The van der Waals surface area contributed by atoms with Gasteiger partial charge in [-0.15, -0.1) is 0 Å². The van der Waals surface area contributed by atoms with E-state index in [1.807, 2.05) is 6.07 Å². The lowest BCUT2D eigenvalue weighted by Crippen LogP contribution is -2.47. The maximum Gasteiger partial charge on any atom is 0.231 e. The quantitative estimate of drug-likeness (QED) is 0.847. The smallest absolute Gasteiger partial charge is 0.231 e. The Morgan fingerprint density at radius 1 is 1.23 bits per heavy atom. The number of carbonyl (C=O) groups is 2. The van der Waals surface area contributed by atoms with Gasteiger partial charge in [0.1, 0.15) is 0 Å². The van der Waals surface area contributed by atoms with E-state index in [2.05, 4.69) is 47.9 Å². The number of benzene rings is 1. The highest BCUT2D eigenvalue weighted by Crippen LogP contribution is 2.45. The third-order valence-electron chi connectivity index (χ3n) is 5.85. The third kappa shape index (κ3) is 4.09. The lowest BCUT2D eigenvalue weighted by atomic mass is 9.75. The Balaban J connectivity index is 1.74. The average Bonchev–Trinajstić information content (AvgIpc) is 2.83. The van der Waals surface area contributed by atoms with Gasteiger partial charge in [0.05, 0.1) is 12.0 Å². The van der Waals surface area contributed by atoms with Crippen LogP contribution in [0, 0.1) is 11.3 Å². The van der Waals surface area contributed by atoms with Crippen LogP contribution in [0.25, 0.3) is 0 Å². The second-order valence-electron chi connectivity index (χ2n) is 8.42. The molecule has 0 bridgehead atoms. The van der Waals surface area contributed by atoms with Crippen molar-refractivity contribution in [2.45, 2.75) is 45.6 Å². The second kappa shape index (κ2) is 7.78. The Morgan fingerprint density at radius 2 is 1.88 bits per heavy atom. The van der Waals surface area contributed by atoms with Gasteiger partial charge in [0.25, 0.3) is 0 Å². The fraction of sp³-hybridized carbons (Fsp3) is 0.619. The second-order valence-corrected chi connectivity index (χ2v) is 8.42. The van der Waals surface area contributed by atoms with Crippen LogP contribution in [0.1, 0.15) is 38.7 Å². The van der Waals surface area contributed by atoms with Gasteiger partial charge < -0.3 is 10.6 Å². The largest absolute Gasteiger partial charge is 0.369 e. The summed E-state index contributed by atoms with van der Waals surface area (Å²) in [5.41, 5.74) is 6.37. The molecule has 1 aromatic rings. The molecule has 1 spiro atoms. The number of amides is 2. The van der Waals surface area contributed by atoms with Crippen molar-refractivity contribution in [3.63, 3.8) is 0 Å². The minimum Gasteiger partial charge on any atom is -0.369 e. The molecule has 3 rings (SSSR count). The summed E-state index contributed by atoms with van der Waals surface area (Å²) in [5.74, 6) is 0.496. The number of hydrogen-bond acceptors (Lipinski definition) is 3. The molecule has 2 amide bonds. The van der Waals surface area contributed by atoms with E-state index >= 15 is 0 Å². The van der Waals surface area contributed by atoms with E-state index in [4.69, 9.17) is 5.73 Å². The zero-order valence-electron chi connectivity index (χ0n) is 16.0. The molecular weight excluding hydrogens is 326 g/mol. The number of rotatable bonds is 6. The van der Waals surface area contributed by atoms with Gasteiger partial charge >= 0.3 is 0 Å². The van der Waals surface area contributed by atoms with Crippen LogP contribution in [0.4, 0.5) is 0 Å². The van der Waals surface area contributed by atoms with Gasteiger partial charge in [-0.2, -0.15) is 0 Å². The van der Waals surface area contributed by atoms with Crippen LogP contribution in [0.15, 0.2) is 30.3 Å². The van der Waals surface area contributed by atoms with Crippen molar-refractivity contribution in [1.29, 1.82) is 0 Å². The zero-order chi connectivity index (χ0) is 18.7. The van der Waals surface area contributed by atoms with Gasteiger partial charge in [0, 0.05) is 12.6 Å². The fourth-order valence-electron chi connectivity index (χ4n) is 4.59. The van der Waals surface area contributed by atoms with Crippen molar-refractivity contribution in [2.75, 3.05) is 26.2 Å². The summed E-state index contributed by atoms with van der Waals surface area (Å²) in [6, 6.07) is 10.7. The summed E-state index contributed by atoms with van der Waals surface area (Å²) >= 11 is 0. The zero-order valence-corrected chi connectivity index (χ0v) is 16.0. The maximum absolute atomic E-state index is 13.4. The topological polar surface area (TPSA) is 66.6 Å². The molecule has 26 heavy (non-hydrogen) atoms. The highest BCUT2D eigenvalue weighted by atomic mass is 16.2. The first-order valence-electron chi connectivity index (χ1n) is 9.75. The van der Waals surface area contributed by atoms with Crippen LogP contribution >= 0.6 is 0 Å². The van der Waals surface area contributed by atoms with Crippen LogP contribution < -0.4 is 5.73 Å². The molecule has 2 N–H and O–H groups in total. The molecule has 0 radical (unpaired) electrons. The minimum atomic E-state index is -0.290. The van der Waals surface area contributed by atoms with Gasteiger partial charge in [-0.25, -0.2) is 0 Å². The van der Waals surface area contributed by atoms with Gasteiger partial charge in [-0.05, 0) is 50.3 Å². The Hall–Kier alpha value is -1.88. The molecule has 5 heteroatoms. The number of likely N-dealkylation sites (tertiary alicyclic amines) is 2. The summed E-state index contributed by atoms with van der Waals surface area (Å²) in [7, 11) is 0. The first kappa shape index (κ1) is 18.9. The lowest BCUT2D eigenvalue weighted by Gasteiger charge is -2.37. The van der Waals surface area contributed by atoms with Crippen molar-refractivity contribution < 1.29 is 9.59 Å². The Kier molecular flexibility index (Phi) is 5.66. The van der Waals surface area contributed by atoms with Crippen molar-refractivity contribution in [1.82, 2.24) is 9.80 Å². The molecule has 5 nitrogen and oxygen atoms in total. The SMILES string of the molecule is CC(C)CN1C(=O)C2(CCN(CC(N)=O)CC2)C[C@@H]1Cc1ccccc1. The standard InChI is InChI=1S/C21H31N3O2/c1-16(2)14-24-18(12-17-6-4-3-5-7-17)13-21(20(24)26)8-10-23(11-9-21)15-19(22)25/h3-7,16,18H,8-15H2,1-2H3,(H2,22,25)/t18-/m0/s1. The van der Waals surface area contributed by atoms with Crippen LogP contribution in [0.2, 0.25) is 0 Å². The number of carbonyl (C=O) groups excluding carboxylic acids is 2. The molecule has 2 saturated heterocycles. The van der Waals surface area contributed by atoms with E-state index in [-0.39, 0.29) is 17.4 Å². The van der Waals surface area contributed by atoms with E-state index in [9.17, 15) is 9.59 Å². The molecule has 0 aromatic heterocycles. The van der Waals surface area contributed by atoms with Crippen LogP contribution in [-0.4, -0.2) is 53.8 Å². The van der Waals surface area contributed by atoms with E-state index in [1.165, 1.54) is 5.56 Å². The van der Waals surface area contributed by atoms with Crippen LogP contribution in [0.3, 0.4) is 0 Å². The summed E-state index contributed by atoms with van der Waals surface area (Å²) in [4.78, 5) is 28.8. The molecule has 1 atom stereocenters. The average molecular weight is 357 g/mol. The van der Waals surface area contributed by atoms with E-state index in [0.29, 0.717) is 18.4 Å². The van der Waals surface area contributed by atoms with Gasteiger partial charge in [-0.3, -0.25) is 14.5 Å². The molecular formula is C21H31N3O2. The third-order valence-corrected chi connectivity index (χ3v) is 5.85. The summed E-state index contributed by atoms with van der Waals surface area (Å²) in [5, 5.41) is 0. The normalized spacial score (nSPS) is 23.1. The Morgan fingerprint density at radius 3 is 2.46 bits per heavy atom. The van der Waals surface area contributed by atoms with E-state index in [0.717, 1.165) is 45.3 Å². The molecule has 142 valence electrons. The van der Waals surface area contributed by atoms with Crippen molar-refractivity contribution in [3.05, 3.63) is 35.9 Å². The summed E-state index contributed by atoms with van der Waals surface area (Å²) in [6.45, 7) is 7.03. The van der Waals surface area contributed by atoms with Crippen molar-refractivity contribution in [2.24, 2.45) is 17.1 Å². The van der Waals surface area contributed by atoms with E-state index in [1.54, 1.807) is 0 Å². The van der Waals surface area contributed by atoms with Crippen molar-refractivity contribution >= 4 is 11.8 Å².